The third kappa shape index (κ3) is 6.58. The quantitative estimate of drug-likeness (QED) is 0.202. The van der Waals surface area contributed by atoms with Gasteiger partial charge < -0.3 is 36.4 Å². The molecule has 1 aliphatic rings. The van der Waals surface area contributed by atoms with Gasteiger partial charge in [0.15, 0.2) is 6.04 Å². The smallest absolute Gasteiger partial charge is 0.330 e. The van der Waals surface area contributed by atoms with E-state index < -0.39 is 17.8 Å². The Balaban J connectivity index is 1.45. The second-order valence-electron chi connectivity index (χ2n) is 10.3. The maximum Gasteiger partial charge on any atom is 0.330 e. The number of nitrogens with one attached hydrogen (secondary N) is 4. The third-order valence-corrected chi connectivity index (χ3v) is 7.17. The van der Waals surface area contributed by atoms with Crippen molar-refractivity contribution in [3.63, 3.8) is 0 Å². The highest BCUT2D eigenvalue weighted by Gasteiger charge is 2.26. The maximum absolute atomic E-state index is 14.7. The number of rotatable bonds is 10. The van der Waals surface area contributed by atoms with Gasteiger partial charge in [-0.05, 0) is 72.5 Å². The van der Waals surface area contributed by atoms with Crippen molar-refractivity contribution in [2.24, 2.45) is 0 Å². The van der Waals surface area contributed by atoms with E-state index >= 15 is 0 Å². The summed E-state index contributed by atoms with van der Waals surface area (Å²) in [5.74, 6) is -2.10. The molecule has 0 spiro atoms. The summed E-state index contributed by atoms with van der Waals surface area (Å²) in [4.78, 5) is 38.6. The van der Waals surface area contributed by atoms with E-state index in [2.05, 4.69) is 21.3 Å². The van der Waals surface area contributed by atoms with Gasteiger partial charge in [-0.15, -0.1) is 0 Å². The number of carboxylic acids is 1. The van der Waals surface area contributed by atoms with E-state index in [0.717, 1.165) is 11.1 Å². The molecule has 10 nitrogen and oxygen atoms in total. The standard InChI is InChI=1S/C30H34FN5O5/c1-16-9-18(27(29(39)40)35-25-12-23-19(11-24(25)31)14-33-28(23)38)5-7-22(16)17(2)15-36(4)30(41)34-21-6-8-26(37)20(10-21)13-32-3/h5-12,17,27,32,35,37H,13-15H2,1-4H3,(H,33,38)(H,34,41)(H,39,40)/t17-,27?/m0/s1. The van der Waals surface area contributed by atoms with Crippen molar-refractivity contribution in [1.29, 1.82) is 0 Å². The van der Waals surface area contributed by atoms with E-state index in [4.69, 9.17) is 0 Å². The Morgan fingerprint density at radius 2 is 1.90 bits per heavy atom. The van der Waals surface area contributed by atoms with Crippen LogP contribution in [0.5, 0.6) is 5.75 Å². The molecule has 3 amide bonds. The number of likely N-dealkylation sites (N-methyl/N-ethyl adjacent to an activating group) is 1. The van der Waals surface area contributed by atoms with Gasteiger partial charge >= 0.3 is 12.0 Å². The van der Waals surface area contributed by atoms with Gasteiger partial charge in [0.05, 0.1) is 5.69 Å². The molecule has 0 radical (unpaired) electrons. The highest BCUT2D eigenvalue weighted by molar-refractivity contribution is 5.99. The lowest BCUT2D eigenvalue weighted by molar-refractivity contribution is -0.138. The lowest BCUT2D eigenvalue weighted by Gasteiger charge is -2.24. The average Bonchev–Trinajstić information content (AvgIpc) is 3.27. The highest BCUT2D eigenvalue weighted by Crippen LogP contribution is 2.30. The van der Waals surface area contributed by atoms with Gasteiger partial charge in [-0.1, -0.05) is 25.1 Å². The number of aryl methyl sites for hydroxylation is 1. The molecule has 11 heteroatoms. The average molecular weight is 564 g/mol. The topological polar surface area (TPSA) is 143 Å². The first-order valence-corrected chi connectivity index (χ1v) is 13.2. The van der Waals surface area contributed by atoms with E-state index in [-0.39, 0.29) is 35.8 Å². The number of amides is 3. The summed E-state index contributed by atoms with van der Waals surface area (Å²) in [7, 11) is 3.45. The van der Waals surface area contributed by atoms with Crippen LogP contribution in [0.4, 0.5) is 20.6 Å². The summed E-state index contributed by atoms with van der Waals surface area (Å²) in [5, 5.41) is 31.1. The zero-order valence-electron chi connectivity index (χ0n) is 23.3. The van der Waals surface area contributed by atoms with E-state index in [1.165, 1.54) is 18.2 Å². The number of hydrogen-bond donors (Lipinski definition) is 6. The minimum Gasteiger partial charge on any atom is -0.508 e. The van der Waals surface area contributed by atoms with Crippen LogP contribution < -0.4 is 21.3 Å². The lowest BCUT2D eigenvalue weighted by Crippen LogP contribution is -2.34. The van der Waals surface area contributed by atoms with Crippen molar-refractivity contribution in [3.8, 4) is 5.75 Å². The number of aliphatic carboxylic acids is 1. The van der Waals surface area contributed by atoms with Crippen molar-refractivity contribution in [2.75, 3.05) is 31.3 Å². The normalized spacial score (nSPS) is 13.6. The maximum atomic E-state index is 14.7. The number of phenolic OH excluding ortho intramolecular Hbond substituents is 1. The number of anilines is 2. The predicted molar refractivity (Wildman–Crippen MR) is 154 cm³/mol. The predicted octanol–water partition coefficient (Wildman–Crippen LogP) is 4.31. The molecular weight excluding hydrogens is 529 g/mol. The summed E-state index contributed by atoms with van der Waals surface area (Å²) >= 11 is 0. The fourth-order valence-corrected chi connectivity index (χ4v) is 5.03. The SMILES string of the molecule is CNCc1cc(NC(=O)N(C)C[C@H](C)c2ccc(C(Nc3cc4c(cc3F)CNC4=O)C(=O)O)cc2C)ccc1O. The minimum absolute atomic E-state index is 0.0670. The zero-order valence-corrected chi connectivity index (χ0v) is 23.3. The van der Waals surface area contributed by atoms with Crippen LogP contribution >= 0.6 is 0 Å². The first kappa shape index (κ1) is 29.3. The molecule has 0 bridgehead atoms. The van der Waals surface area contributed by atoms with Gasteiger partial charge in [-0.2, -0.15) is 0 Å². The number of carboxylic acid groups (broad SMARTS) is 1. The van der Waals surface area contributed by atoms with E-state index in [9.17, 15) is 29.0 Å². The second-order valence-corrected chi connectivity index (χ2v) is 10.3. The largest absolute Gasteiger partial charge is 0.508 e. The molecule has 0 fully saturated rings. The molecule has 6 N–H and O–H groups in total. The summed E-state index contributed by atoms with van der Waals surface area (Å²) in [6.07, 6.45) is 0. The summed E-state index contributed by atoms with van der Waals surface area (Å²) in [6, 6.07) is 11.1. The van der Waals surface area contributed by atoms with Crippen LogP contribution in [-0.4, -0.2) is 53.7 Å². The summed E-state index contributed by atoms with van der Waals surface area (Å²) in [5.41, 5.74) is 4.17. The first-order valence-electron chi connectivity index (χ1n) is 13.2. The Morgan fingerprint density at radius 3 is 2.59 bits per heavy atom. The number of phenols is 1. The molecule has 216 valence electrons. The number of urea groups is 1. The molecule has 0 aromatic heterocycles. The Hall–Kier alpha value is -4.64. The molecule has 1 unspecified atom stereocenters. The van der Waals surface area contributed by atoms with Gasteiger partial charge in [0.2, 0.25) is 0 Å². The Morgan fingerprint density at radius 1 is 1.15 bits per heavy atom. The third-order valence-electron chi connectivity index (χ3n) is 7.17. The van der Waals surface area contributed by atoms with E-state index in [0.29, 0.717) is 41.0 Å². The molecule has 0 saturated heterocycles. The van der Waals surface area contributed by atoms with Crippen LogP contribution in [0.1, 0.15) is 57.1 Å². The van der Waals surface area contributed by atoms with Crippen LogP contribution in [0.15, 0.2) is 48.5 Å². The van der Waals surface area contributed by atoms with E-state index in [1.807, 2.05) is 19.9 Å². The summed E-state index contributed by atoms with van der Waals surface area (Å²) in [6.45, 7) is 4.90. The van der Waals surface area contributed by atoms with Crippen LogP contribution in [0.25, 0.3) is 0 Å². The first-order chi connectivity index (χ1) is 19.5. The van der Waals surface area contributed by atoms with Crippen LogP contribution in [0.2, 0.25) is 0 Å². The van der Waals surface area contributed by atoms with Gasteiger partial charge in [0.1, 0.15) is 11.6 Å². The van der Waals surface area contributed by atoms with Gasteiger partial charge in [0.25, 0.3) is 5.91 Å². The Bertz CT molecular complexity index is 1490. The number of carbonyl (C=O) groups excluding carboxylic acids is 2. The van der Waals surface area contributed by atoms with Gasteiger partial charge in [0, 0.05) is 43.5 Å². The molecule has 1 aliphatic heterocycles. The lowest BCUT2D eigenvalue weighted by atomic mass is 9.92. The molecule has 3 aromatic carbocycles. The minimum atomic E-state index is -1.25. The molecule has 0 saturated carbocycles. The monoisotopic (exact) mass is 563 g/mol. The number of carbonyl (C=O) groups is 3. The van der Waals surface area contributed by atoms with Crippen molar-refractivity contribution in [2.45, 2.75) is 38.9 Å². The highest BCUT2D eigenvalue weighted by atomic mass is 19.1. The molecule has 41 heavy (non-hydrogen) atoms. The molecule has 0 aliphatic carbocycles. The van der Waals surface area contributed by atoms with Crippen molar-refractivity contribution >= 4 is 29.3 Å². The fraction of sp³-hybridized carbons (Fsp3) is 0.300. The molecular formula is C30H34FN5O5. The Labute approximate surface area is 237 Å². The van der Waals surface area contributed by atoms with Crippen molar-refractivity contribution < 1.29 is 29.0 Å². The van der Waals surface area contributed by atoms with Crippen LogP contribution in [-0.2, 0) is 17.9 Å². The Kier molecular flexibility index (Phi) is 8.77. The molecule has 4 rings (SSSR count). The molecule has 3 aromatic rings. The van der Waals surface area contributed by atoms with E-state index in [1.54, 1.807) is 43.3 Å². The van der Waals surface area contributed by atoms with Crippen LogP contribution in [0.3, 0.4) is 0 Å². The number of halogens is 1. The summed E-state index contributed by atoms with van der Waals surface area (Å²) < 4.78 is 14.7. The molecule has 1 heterocycles. The number of fused-ring (bicyclic) bond motifs is 1. The van der Waals surface area contributed by atoms with Crippen LogP contribution in [0, 0.1) is 12.7 Å². The number of aromatic hydroxyl groups is 1. The fourth-order valence-electron chi connectivity index (χ4n) is 5.03. The molecule has 2 atom stereocenters. The van der Waals surface area contributed by atoms with Gasteiger partial charge in [-0.3, -0.25) is 4.79 Å². The van der Waals surface area contributed by atoms with Crippen molar-refractivity contribution in [3.05, 3.63) is 87.7 Å². The number of hydrogen-bond acceptors (Lipinski definition) is 6. The number of nitrogens with zero attached hydrogens (tertiary/aromatic N) is 1. The zero-order chi connectivity index (χ0) is 29.8. The second kappa shape index (κ2) is 12.3. The van der Waals surface area contributed by atoms with Gasteiger partial charge in [-0.25, -0.2) is 14.0 Å². The number of benzene rings is 3. The van der Waals surface area contributed by atoms with Crippen molar-refractivity contribution in [1.82, 2.24) is 15.5 Å².